The van der Waals surface area contributed by atoms with Gasteiger partial charge in [-0.2, -0.15) is 5.10 Å². The van der Waals surface area contributed by atoms with E-state index in [1.165, 1.54) is 0 Å². The van der Waals surface area contributed by atoms with E-state index in [2.05, 4.69) is 55.6 Å². The maximum Gasteiger partial charge on any atom is 0.157 e. The molecular weight excluding hydrogens is 280 g/mol. The average molecular weight is 303 g/mol. The van der Waals surface area contributed by atoms with Crippen molar-refractivity contribution in [1.82, 2.24) is 9.78 Å². The second kappa shape index (κ2) is 5.89. The fraction of sp³-hybridized carbons (Fsp3) is 0.769. The first-order valence-corrected chi connectivity index (χ1v) is 7.19. The molecule has 0 radical (unpaired) electrons. The molecule has 1 atom stereocenters. The molecule has 0 fully saturated rings. The molecule has 1 rings (SSSR count). The van der Waals surface area contributed by atoms with Crippen molar-refractivity contribution in [3.63, 3.8) is 0 Å². The van der Waals surface area contributed by atoms with Crippen LogP contribution in [0.2, 0.25) is 0 Å². The fourth-order valence-corrected chi connectivity index (χ4v) is 2.56. The van der Waals surface area contributed by atoms with E-state index in [4.69, 9.17) is 4.74 Å². The van der Waals surface area contributed by atoms with Crippen LogP contribution < -0.4 is 4.74 Å². The highest BCUT2D eigenvalue weighted by Gasteiger charge is 2.24. The SMILES string of the molecule is CC(C)n1cc(OCC(CBr)C(C)(C)C)cn1. The first kappa shape index (κ1) is 14.6. The van der Waals surface area contributed by atoms with Crippen LogP contribution >= 0.6 is 15.9 Å². The van der Waals surface area contributed by atoms with E-state index in [-0.39, 0.29) is 5.41 Å². The highest BCUT2D eigenvalue weighted by Crippen LogP contribution is 2.28. The molecule has 0 saturated carbocycles. The van der Waals surface area contributed by atoms with Crippen LogP contribution in [-0.2, 0) is 0 Å². The Hall–Kier alpha value is -0.510. The molecule has 0 aromatic carbocycles. The van der Waals surface area contributed by atoms with Gasteiger partial charge < -0.3 is 4.74 Å². The molecule has 0 aliphatic rings. The van der Waals surface area contributed by atoms with Gasteiger partial charge in [0, 0.05) is 17.3 Å². The van der Waals surface area contributed by atoms with Gasteiger partial charge in [0.1, 0.15) is 0 Å². The Morgan fingerprint density at radius 2 is 2.06 bits per heavy atom. The summed E-state index contributed by atoms with van der Waals surface area (Å²) in [7, 11) is 0. The summed E-state index contributed by atoms with van der Waals surface area (Å²) in [5.74, 6) is 1.35. The molecule has 1 heterocycles. The van der Waals surface area contributed by atoms with Crippen molar-refractivity contribution in [2.75, 3.05) is 11.9 Å². The predicted molar refractivity (Wildman–Crippen MR) is 74.8 cm³/mol. The van der Waals surface area contributed by atoms with Gasteiger partial charge in [-0.05, 0) is 19.3 Å². The third kappa shape index (κ3) is 4.34. The second-order valence-electron chi connectivity index (χ2n) is 5.78. The lowest BCUT2D eigenvalue weighted by molar-refractivity contribution is 0.166. The van der Waals surface area contributed by atoms with E-state index < -0.39 is 0 Å². The van der Waals surface area contributed by atoms with Crippen LogP contribution in [0.5, 0.6) is 5.75 Å². The largest absolute Gasteiger partial charge is 0.490 e. The van der Waals surface area contributed by atoms with Crippen LogP contribution in [0.4, 0.5) is 0 Å². The minimum Gasteiger partial charge on any atom is -0.490 e. The van der Waals surface area contributed by atoms with Gasteiger partial charge in [0.05, 0.1) is 19.0 Å². The number of alkyl halides is 1. The molecule has 0 bridgehead atoms. The van der Waals surface area contributed by atoms with Crippen LogP contribution in [-0.4, -0.2) is 21.7 Å². The van der Waals surface area contributed by atoms with Gasteiger partial charge in [0.2, 0.25) is 0 Å². The van der Waals surface area contributed by atoms with Crippen molar-refractivity contribution in [2.24, 2.45) is 11.3 Å². The molecular formula is C13H23BrN2O. The van der Waals surface area contributed by atoms with E-state index >= 15 is 0 Å². The van der Waals surface area contributed by atoms with Crippen molar-refractivity contribution in [1.29, 1.82) is 0 Å². The summed E-state index contributed by atoms with van der Waals surface area (Å²) < 4.78 is 7.72. The fourth-order valence-electron chi connectivity index (χ4n) is 1.40. The van der Waals surface area contributed by atoms with E-state index in [0.717, 1.165) is 17.7 Å². The van der Waals surface area contributed by atoms with Crippen molar-refractivity contribution >= 4 is 15.9 Å². The molecule has 0 spiro atoms. The standard InChI is InChI=1S/C13H23BrN2O/c1-10(2)16-8-12(7-15-16)17-9-11(6-14)13(3,4)5/h7-8,10-11H,6,9H2,1-5H3. The molecule has 1 aromatic heterocycles. The first-order valence-electron chi connectivity index (χ1n) is 6.07. The Morgan fingerprint density at radius 3 is 2.47 bits per heavy atom. The number of hydrogen-bond acceptors (Lipinski definition) is 2. The monoisotopic (exact) mass is 302 g/mol. The molecule has 0 aliphatic carbocycles. The molecule has 3 nitrogen and oxygen atoms in total. The lowest BCUT2D eigenvalue weighted by atomic mass is 9.83. The van der Waals surface area contributed by atoms with E-state index in [1.54, 1.807) is 6.20 Å². The number of aromatic nitrogens is 2. The summed E-state index contributed by atoms with van der Waals surface area (Å²) in [6.07, 6.45) is 3.74. The van der Waals surface area contributed by atoms with E-state index in [9.17, 15) is 0 Å². The maximum absolute atomic E-state index is 5.80. The van der Waals surface area contributed by atoms with Crippen LogP contribution in [0, 0.1) is 11.3 Å². The highest BCUT2D eigenvalue weighted by molar-refractivity contribution is 9.09. The Bertz CT molecular complexity index is 341. The van der Waals surface area contributed by atoms with Crippen molar-refractivity contribution < 1.29 is 4.74 Å². The minimum atomic E-state index is 0.248. The number of hydrogen-bond donors (Lipinski definition) is 0. The number of ether oxygens (including phenoxy) is 1. The molecule has 0 amide bonds. The third-order valence-electron chi connectivity index (χ3n) is 2.97. The summed E-state index contributed by atoms with van der Waals surface area (Å²) in [6.45, 7) is 11.6. The van der Waals surface area contributed by atoms with Crippen molar-refractivity contribution in [3.05, 3.63) is 12.4 Å². The molecule has 4 heteroatoms. The van der Waals surface area contributed by atoms with Gasteiger partial charge in [-0.15, -0.1) is 0 Å². The summed E-state index contributed by atoms with van der Waals surface area (Å²) in [5, 5.41) is 5.21. The summed E-state index contributed by atoms with van der Waals surface area (Å²) in [5.41, 5.74) is 0.248. The Morgan fingerprint density at radius 1 is 1.41 bits per heavy atom. The normalized spacial score (nSPS) is 14.1. The Kier molecular flexibility index (Phi) is 5.04. The van der Waals surface area contributed by atoms with E-state index in [1.807, 2.05) is 10.9 Å². The zero-order valence-electron chi connectivity index (χ0n) is 11.4. The summed E-state index contributed by atoms with van der Waals surface area (Å²) >= 11 is 3.55. The zero-order chi connectivity index (χ0) is 13.1. The Labute approximate surface area is 113 Å². The highest BCUT2D eigenvalue weighted by atomic mass is 79.9. The molecule has 0 saturated heterocycles. The number of halogens is 1. The third-order valence-corrected chi connectivity index (χ3v) is 3.75. The quantitative estimate of drug-likeness (QED) is 0.771. The smallest absolute Gasteiger partial charge is 0.157 e. The topological polar surface area (TPSA) is 27.1 Å². The van der Waals surface area contributed by atoms with Gasteiger partial charge in [-0.3, -0.25) is 4.68 Å². The molecule has 17 heavy (non-hydrogen) atoms. The van der Waals surface area contributed by atoms with Gasteiger partial charge in [0.15, 0.2) is 5.75 Å². The first-order chi connectivity index (χ1) is 7.84. The molecule has 1 aromatic rings. The van der Waals surface area contributed by atoms with Gasteiger partial charge in [-0.1, -0.05) is 36.7 Å². The van der Waals surface area contributed by atoms with Crippen LogP contribution in [0.1, 0.15) is 40.7 Å². The molecule has 0 N–H and O–H groups in total. The molecule has 1 unspecified atom stereocenters. The summed E-state index contributed by atoms with van der Waals surface area (Å²) in [6, 6.07) is 0.377. The van der Waals surface area contributed by atoms with Crippen LogP contribution in [0.3, 0.4) is 0 Å². The lowest BCUT2D eigenvalue weighted by Crippen LogP contribution is -2.27. The van der Waals surface area contributed by atoms with Gasteiger partial charge in [-0.25, -0.2) is 0 Å². The van der Waals surface area contributed by atoms with Crippen LogP contribution in [0.25, 0.3) is 0 Å². The van der Waals surface area contributed by atoms with Crippen molar-refractivity contribution in [3.8, 4) is 5.75 Å². The average Bonchev–Trinajstić information content (AvgIpc) is 2.65. The zero-order valence-corrected chi connectivity index (χ0v) is 13.0. The molecule has 98 valence electrons. The van der Waals surface area contributed by atoms with Gasteiger partial charge in [0.25, 0.3) is 0 Å². The number of nitrogens with zero attached hydrogens (tertiary/aromatic N) is 2. The minimum absolute atomic E-state index is 0.248. The van der Waals surface area contributed by atoms with Gasteiger partial charge >= 0.3 is 0 Å². The molecule has 0 aliphatic heterocycles. The Balaban J connectivity index is 2.54. The second-order valence-corrected chi connectivity index (χ2v) is 6.43. The lowest BCUT2D eigenvalue weighted by Gasteiger charge is -2.28. The predicted octanol–water partition coefficient (Wildman–Crippen LogP) is 3.90. The van der Waals surface area contributed by atoms with Crippen molar-refractivity contribution in [2.45, 2.75) is 40.7 Å². The summed E-state index contributed by atoms with van der Waals surface area (Å²) in [4.78, 5) is 0. The maximum atomic E-state index is 5.80. The van der Waals surface area contributed by atoms with E-state index in [0.29, 0.717) is 12.0 Å². The number of rotatable bonds is 5. The van der Waals surface area contributed by atoms with Crippen LogP contribution in [0.15, 0.2) is 12.4 Å².